The monoisotopic (exact) mass is 427 g/mol. The van der Waals surface area contributed by atoms with Crippen LogP contribution in [0.4, 0.5) is 14.5 Å². The van der Waals surface area contributed by atoms with Gasteiger partial charge < -0.3 is 10.1 Å². The minimum Gasteiger partial charge on any atom is -0.481 e. The fourth-order valence-electron chi connectivity index (χ4n) is 3.46. The van der Waals surface area contributed by atoms with Crippen LogP contribution in [0.3, 0.4) is 0 Å². The zero-order valence-electron chi connectivity index (χ0n) is 17.7. The van der Waals surface area contributed by atoms with E-state index >= 15 is 0 Å². The van der Waals surface area contributed by atoms with E-state index in [1.807, 2.05) is 33.2 Å². The zero-order chi connectivity index (χ0) is 22.1. The smallest absolute Gasteiger partial charge is 0.284 e. The molecule has 8 nitrogen and oxygen atoms in total. The molecule has 0 unspecified atom stereocenters. The van der Waals surface area contributed by atoms with Crippen LogP contribution in [0.5, 0.6) is 5.88 Å². The van der Waals surface area contributed by atoms with Gasteiger partial charge in [0.25, 0.3) is 6.43 Å². The van der Waals surface area contributed by atoms with Crippen molar-refractivity contribution in [2.75, 3.05) is 12.4 Å². The number of aryl methyl sites for hydroxylation is 1. The Bertz CT molecular complexity index is 1220. The molecule has 0 aliphatic rings. The van der Waals surface area contributed by atoms with Crippen LogP contribution in [0.2, 0.25) is 0 Å². The second kappa shape index (κ2) is 8.29. The largest absolute Gasteiger partial charge is 0.481 e. The van der Waals surface area contributed by atoms with E-state index in [2.05, 4.69) is 25.5 Å². The van der Waals surface area contributed by atoms with Gasteiger partial charge in [0.05, 0.1) is 30.3 Å². The summed E-state index contributed by atoms with van der Waals surface area (Å²) in [5, 5.41) is 11.7. The number of ether oxygens (including phenoxy) is 1. The van der Waals surface area contributed by atoms with Crippen LogP contribution >= 0.6 is 0 Å². The Labute approximate surface area is 177 Å². The molecule has 1 N–H and O–H groups in total. The molecule has 0 aromatic carbocycles. The lowest BCUT2D eigenvalue weighted by Crippen LogP contribution is -2.07. The molecule has 31 heavy (non-hydrogen) atoms. The van der Waals surface area contributed by atoms with E-state index in [4.69, 9.17) is 4.74 Å². The highest BCUT2D eigenvalue weighted by Crippen LogP contribution is 2.37. The highest BCUT2D eigenvalue weighted by Gasteiger charge is 2.25. The van der Waals surface area contributed by atoms with Crippen molar-refractivity contribution in [2.45, 2.75) is 32.9 Å². The fourth-order valence-corrected chi connectivity index (χ4v) is 3.46. The summed E-state index contributed by atoms with van der Waals surface area (Å²) in [5.74, 6) is 0.363. The lowest BCUT2D eigenvalue weighted by atomic mass is 10.1. The number of halogens is 2. The van der Waals surface area contributed by atoms with E-state index in [0.29, 0.717) is 34.9 Å². The lowest BCUT2D eigenvalue weighted by Gasteiger charge is -2.14. The molecule has 0 atom stereocenters. The van der Waals surface area contributed by atoms with E-state index in [1.54, 1.807) is 33.9 Å². The molecule has 0 fully saturated rings. The average Bonchev–Trinajstić information content (AvgIpc) is 3.35. The standard InChI is InChI=1S/C21H23F2N7O/c1-12(2)30-19-16(25-9-13-10-26-29(3)11-13)8-15(14-6-5-7-24-21(14)31-4)27-17(19)18(28-30)20(22)23/h5-8,10-12,20H,9H2,1-4H3,(H,25,27). The number of hydrogen-bond donors (Lipinski definition) is 1. The summed E-state index contributed by atoms with van der Waals surface area (Å²) in [7, 11) is 3.34. The van der Waals surface area contributed by atoms with Crippen molar-refractivity contribution in [2.24, 2.45) is 7.05 Å². The van der Waals surface area contributed by atoms with Crippen molar-refractivity contribution in [3.63, 3.8) is 0 Å². The van der Waals surface area contributed by atoms with Gasteiger partial charge in [-0.15, -0.1) is 0 Å². The van der Waals surface area contributed by atoms with Crippen molar-refractivity contribution in [1.29, 1.82) is 0 Å². The molecule has 0 bridgehead atoms. The zero-order valence-corrected chi connectivity index (χ0v) is 17.7. The van der Waals surface area contributed by atoms with Crippen LogP contribution < -0.4 is 10.1 Å². The van der Waals surface area contributed by atoms with Crippen molar-refractivity contribution in [1.82, 2.24) is 29.5 Å². The van der Waals surface area contributed by atoms with Gasteiger partial charge in [0, 0.05) is 37.6 Å². The van der Waals surface area contributed by atoms with Crippen molar-refractivity contribution < 1.29 is 13.5 Å². The third kappa shape index (κ3) is 3.92. The number of alkyl halides is 2. The normalized spacial score (nSPS) is 11.6. The van der Waals surface area contributed by atoms with Gasteiger partial charge in [-0.1, -0.05) is 0 Å². The second-order valence-corrected chi connectivity index (χ2v) is 7.41. The van der Waals surface area contributed by atoms with Gasteiger partial charge >= 0.3 is 0 Å². The summed E-state index contributed by atoms with van der Waals surface area (Å²) in [6.45, 7) is 4.25. The molecule has 0 aliphatic carbocycles. The summed E-state index contributed by atoms with van der Waals surface area (Å²) in [6.07, 6.45) is 2.48. The summed E-state index contributed by atoms with van der Waals surface area (Å²) >= 11 is 0. The highest BCUT2D eigenvalue weighted by molar-refractivity contribution is 5.93. The first-order valence-electron chi connectivity index (χ1n) is 9.81. The van der Waals surface area contributed by atoms with Gasteiger partial charge in [-0.2, -0.15) is 10.2 Å². The Hall–Kier alpha value is -3.56. The van der Waals surface area contributed by atoms with E-state index in [9.17, 15) is 8.78 Å². The third-order valence-corrected chi connectivity index (χ3v) is 4.86. The molecule has 4 rings (SSSR count). The number of aromatic nitrogens is 6. The minimum absolute atomic E-state index is 0.130. The first-order valence-corrected chi connectivity index (χ1v) is 9.81. The number of rotatable bonds is 7. The fraction of sp³-hybridized carbons (Fsp3) is 0.333. The summed E-state index contributed by atoms with van der Waals surface area (Å²) in [6, 6.07) is 5.22. The SMILES string of the molecule is COc1ncccc1-c1cc(NCc2cnn(C)c2)c2c(n1)c(C(F)F)nn2C(C)C. The maximum atomic E-state index is 13.9. The molecule has 4 aromatic heterocycles. The van der Waals surface area contributed by atoms with Gasteiger partial charge in [-0.3, -0.25) is 9.36 Å². The first-order chi connectivity index (χ1) is 14.9. The average molecular weight is 427 g/mol. The molecule has 4 aromatic rings. The van der Waals surface area contributed by atoms with Crippen LogP contribution in [-0.2, 0) is 13.6 Å². The number of fused-ring (bicyclic) bond motifs is 1. The second-order valence-electron chi connectivity index (χ2n) is 7.41. The molecule has 0 saturated heterocycles. The van der Waals surface area contributed by atoms with E-state index in [-0.39, 0.29) is 17.3 Å². The highest BCUT2D eigenvalue weighted by atomic mass is 19.3. The lowest BCUT2D eigenvalue weighted by molar-refractivity contribution is 0.146. The van der Waals surface area contributed by atoms with Crippen molar-refractivity contribution in [3.8, 4) is 17.1 Å². The van der Waals surface area contributed by atoms with Crippen LogP contribution in [0.1, 0.15) is 37.6 Å². The van der Waals surface area contributed by atoms with Gasteiger partial charge in [-0.25, -0.2) is 18.7 Å². The van der Waals surface area contributed by atoms with Crippen LogP contribution in [0.15, 0.2) is 36.8 Å². The Kier molecular flexibility index (Phi) is 5.53. The summed E-state index contributed by atoms with van der Waals surface area (Å²) in [4.78, 5) is 8.77. The van der Waals surface area contributed by atoms with Gasteiger partial charge in [0.15, 0.2) is 5.69 Å². The number of hydrogen-bond acceptors (Lipinski definition) is 6. The predicted molar refractivity (Wildman–Crippen MR) is 113 cm³/mol. The summed E-state index contributed by atoms with van der Waals surface area (Å²) < 4.78 is 36.4. The number of nitrogens with zero attached hydrogens (tertiary/aromatic N) is 6. The maximum Gasteiger partial charge on any atom is 0.284 e. The topological polar surface area (TPSA) is 82.7 Å². The van der Waals surface area contributed by atoms with Crippen molar-refractivity contribution in [3.05, 3.63) is 48.0 Å². The predicted octanol–water partition coefficient (Wildman–Crippen LogP) is 4.37. The van der Waals surface area contributed by atoms with Gasteiger partial charge in [0.2, 0.25) is 5.88 Å². The molecular weight excluding hydrogens is 404 g/mol. The first kappa shape index (κ1) is 20.7. The molecule has 0 radical (unpaired) electrons. The molecular formula is C21H23F2N7O. The number of anilines is 1. The van der Waals surface area contributed by atoms with Crippen molar-refractivity contribution >= 4 is 16.7 Å². The van der Waals surface area contributed by atoms with Crippen LogP contribution in [0.25, 0.3) is 22.3 Å². The molecule has 0 amide bonds. The Morgan fingerprint density at radius 3 is 2.71 bits per heavy atom. The van der Waals surface area contributed by atoms with Gasteiger partial charge in [0.1, 0.15) is 11.0 Å². The van der Waals surface area contributed by atoms with E-state index in [1.165, 1.54) is 7.11 Å². The van der Waals surface area contributed by atoms with E-state index in [0.717, 1.165) is 5.56 Å². The van der Waals surface area contributed by atoms with Crippen LogP contribution in [0, 0.1) is 0 Å². The minimum atomic E-state index is -2.76. The number of nitrogens with one attached hydrogen (secondary N) is 1. The Morgan fingerprint density at radius 1 is 1.26 bits per heavy atom. The number of methoxy groups -OCH3 is 1. The molecule has 4 heterocycles. The quantitative estimate of drug-likeness (QED) is 0.472. The molecule has 0 spiro atoms. The molecule has 162 valence electrons. The van der Waals surface area contributed by atoms with Crippen LogP contribution in [-0.4, -0.2) is 36.6 Å². The Balaban J connectivity index is 1.92. The number of pyridine rings is 2. The molecule has 0 saturated carbocycles. The molecule has 10 heteroatoms. The Morgan fingerprint density at radius 2 is 2.06 bits per heavy atom. The third-order valence-electron chi connectivity index (χ3n) is 4.86. The maximum absolute atomic E-state index is 13.9. The molecule has 0 aliphatic heterocycles. The van der Waals surface area contributed by atoms with E-state index < -0.39 is 6.43 Å². The summed E-state index contributed by atoms with van der Waals surface area (Å²) in [5.41, 5.74) is 3.00. The van der Waals surface area contributed by atoms with Gasteiger partial charge in [-0.05, 0) is 32.0 Å².